The van der Waals surface area contributed by atoms with Crippen molar-refractivity contribution in [3.8, 4) is 0 Å². The molecule has 3 rings (SSSR count). The molecule has 1 aromatic carbocycles. The Morgan fingerprint density at radius 1 is 1.39 bits per heavy atom. The number of thioether (sulfide) groups is 1. The van der Waals surface area contributed by atoms with Crippen LogP contribution in [0, 0.1) is 0 Å². The van der Waals surface area contributed by atoms with E-state index in [0.717, 1.165) is 4.90 Å². The molecule has 2 N–H and O–H groups in total. The smallest absolute Gasteiger partial charge is 0.352 e. The van der Waals surface area contributed by atoms with Gasteiger partial charge in [-0.25, -0.2) is 4.79 Å². The number of ether oxygens (including phenoxy) is 1. The second-order valence-electron chi connectivity index (χ2n) is 6.30. The van der Waals surface area contributed by atoms with Gasteiger partial charge in [-0.2, -0.15) is 0 Å². The maximum atomic E-state index is 12.5. The fraction of sp³-hybridized carbons (Fsp3) is 0.333. The number of carbonyl (C=O) groups is 4. The maximum Gasteiger partial charge on any atom is 0.352 e. The van der Waals surface area contributed by atoms with Crippen molar-refractivity contribution in [3.63, 3.8) is 0 Å². The number of aliphatic carboxylic acids is 1. The van der Waals surface area contributed by atoms with Crippen LogP contribution in [0.2, 0.25) is 5.02 Å². The quantitative estimate of drug-likeness (QED) is 0.520. The number of fused-ring (bicyclic) bond motifs is 1. The first-order chi connectivity index (χ1) is 13.3. The molecule has 1 saturated heterocycles. The Bertz CT molecular complexity index is 887. The Hall–Kier alpha value is -2.52. The van der Waals surface area contributed by atoms with E-state index in [1.54, 1.807) is 24.3 Å². The zero-order valence-corrected chi connectivity index (χ0v) is 16.4. The van der Waals surface area contributed by atoms with Gasteiger partial charge in [0, 0.05) is 23.3 Å². The predicted molar refractivity (Wildman–Crippen MR) is 101 cm³/mol. The Labute approximate surface area is 169 Å². The van der Waals surface area contributed by atoms with Gasteiger partial charge in [0.25, 0.3) is 5.91 Å². The first-order valence-electron chi connectivity index (χ1n) is 8.35. The molecule has 2 aliphatic heterocycles. The summed E-state index contributed by atoms with van der Waals surface area (Å²) in [6, 6.07) is 6.04. The zero-order chi connectivity index (χ0) is 20.4. The summed E-state index contributed by atoms with van der Waals surface area (Å²) in [5.41, 5.74) is 0.871. The van der Waals surface area contributed by atoms with Crippen molar-refractivity contribution in [1.82, 2.24) is 10.2 Å². The second kappa shape index (κ2) is 8.24. The number of nitrogens with one attached hydrogen (secondary N) is 1. The van der Waals surface area contributed by atoms with Crippen LogP contribution < -0.4 is 5.32 Å². The summed E-state index contributed by atoms with van der Waals surface area (Å²) < 4.78 is 4.88. The Morgan fingerprint density at radius 3 is 2.79 bits per heavy atom. The van der Waals surface area contributed by atoms with E-state index < -0.39 is 29.3 Å². The molecule has 28 heavy (non-hydrogen) atoms. The molecule has 2 atom stereocenters. The van der Waals surface area contributed by atoms with Crippen LogP contribution in [0.3, 0.4) is 0 Å². The first-order valence-corrected chi connectivity index (χ1v) is 9.77. The third-order valence-electron chi connectivity index (χ3n) is 4.27. The SMILES string of the molecule is CC(=O)OCC1=C(C(=O)O)N2C(=O)[C@@H](NC(=O)Cc3cccc(Cl)c3)[C@H]2SC1. The van der Waals surface area contributed by atoms with E-state index in [9.17, 15) is 24.3 Å². The minimum atomic E-state index is -1.27. The average molecular weight is 425 g/mol. The summed E-state index contributed by atoms with van der Waals surface area (Å²) in [6.07, 6.45) is 0.0566. The number of rotatable bonds is 6. The van der Waals surface area contributed by atoms with Gasteiger partial charge >= 0.3 is 11.9 Å². The zero-order valence-electron chi connectivity index (χ0n) is 14.8. The summed E-state index contributed by atoms with van der Waals surface area (Å²) in [7, 11) is 0. The molecule has 1 fully saturated rings. The molecule has 8 nitrogen and oxygen atoms in total. The Morgan fingerprint density at radius 2 is 2.14 bits per heavy atom. The molecule has 0 spiro atoms. The number of halogens is 1. The molecule has 1 aromatic rings. The van der Waals surface area contributed by atoms with Gasteiger partial charge in [0.2, 0.25) is 5.91 Å². The summed E-state index contributed by atoms with van der Waals surface area (Å²) >= 11 is 7.22. The van der Waals surface area contributed by atoms with E-state index in [0.29, 0.717) is 16.2 Å². The highest BCUT2D eigenvalue weighted by atomic mass is 35.5. The fourth-order valence-corrected chi connectivity index (χ4v) is 4.58. The molecular formula is C18H17ClN2O6S. The van der Waals surface area contributed by atoms with E-state index >= 15 is 0 Å². The number of β-lactam (4-membered cyclic amide) rings is 1. The van der Waals surface area contributed by atoms with E-state index in [1.807, 2.05) is 0 Å². The van der Waals surface area contributed by atoms with Gasteiger partial charge in [-0.1, -0.05) is 23.7 Å². The van der Waals surface area contributed by atoms with Crippen LogP contribution >= 0.6 is 23.4 Å². The average Bonchev–Trinajstić information content (AvgIpc) is 2.63. The van der Waals surface area contributed by atoms with E-state index in [4.69, 9.17) is 16.3 Å². The van der Waals surface area contributed by atoms with Crippen LogP contribution in [-0.4, -0.2) is 57.5 Å². The number of hydrogen-bond acceptors (Lipinski definition) is 6. The van der Waals surface area contributed by atoms with Crippen molar-refractivity contribution in [2.75, 3.05) is 12.4 Å². The van der Waals surface area contributed by atoms with Crippen molar-refractivity contribution in [1.29, 1.82) is 0 Å². The van der Waals surface area contributed by atoms with Gasteiger partial charge in [0.1, 0.15) is 23.7 Å². The van der Waals surface area contributed by atoms with Gasteiger partial charge in [-0.05, 0) is 17.7 Å². The minimum Gasteiger partial charge on any atom is -0.477 e. The summed E-state index contributed by atoms with van der Waals surface area (Å²) in [5.74, 6) is -2.39. The molecule has 10 heteroatoms. The number of amides is 2. The molecule has 0 aromatic heterocycles. The summed E-state index contributed by atoms with van der Waals surface area (Å²) in [4.78, 5) is 48.6. The molecule has 148 valence electrons. The fourth-order valence-electron chi connectivity index (χ4n) is 3.04. The molecule has 2 heterocycles. The largest absolute Gasteiger partial charge is 0.477 e. The Kier molecular flexibility index (Phi) is 5.95. The monoisotopic (exact) mass is 424 g/mol. The number of carboxylic acids is 1. The van der Waals surface area contributed by atoms with Gasteiger partial charge in [-0.15, -0.1) is 11.8 Å². The third kappa shape index (κ3) is 4.15. The molecule has 0 unspecified atom stereocenters. The number of carboxylic acid groups (broad SMARTS) is 1. The van der Waals surface area contributed by atoms with Crippen molar-refractivity contribution < 1.29 is 29.0 Å². The van der Waals surface area contributed by atoms with E-state index in [-0.39, 0.29) is 30.4 Å². The van der Waals surface area contributed by atoms with Crippen LogP contribution in [0.25, 0.3) is 0 Å². The lowest BCUT2D eigenvalue weighted by Crippen LogP contribution is -2.70. The van der Waals surface area contributed by atoms with Crippen LogP contribution in [0.1, 0.15) is 12.5 Å². The Balaban J connectivity index is 1.68. The lowest BCUT2D eigenvalue weighted by atomic mass is 10.0. The van der Waals surface area contributed by atoms with Crippen LogP contribution in [-0.2, 0) is 30.3 Å². The number of esters is 1. The summed E-state index contributed by atoms with van der Waals surface area (Å²) in [6.45, 7) is 1.03. The number of carbonyl (C=O) groups excluding carboxylic acids is 3. The minimum absolute atomic E-state index is 0.0566. The molecule has 2 aliphatic rings. The number of hydrogen-bond donors (Lipinski definition) is 2. The van der Waals surface area contributed by atoms with Crippen LogP contribution in [0.4, 0.5) is 0 Å². The molecular weight excluding hydrogens is 408 g/mol. The van der Waals surface area contributed by atoms with Gasteiger partial charge < -0.3 is 15.2 Å². The number of benzene rings is 1. The maximum absolute atomic E-state index is 12.5. The van der Waals surface area contributed by atoms with Crippen molar-refractivity contribution in [3.05, 3.63) is 46.1 Å². The van der Waals surface area contributed by atoms with Gasteiger partial charge in [0.05, 0.1) is 6.42 Å². The third-order valence-corrected chi connectivity index (χ3v) is 5.84. The topological polar surface area (TPSA) is 113 Å². The predicted octanol–water partition coefficient (Wildman–Crippen LogP) is 1.18. The normalized spacial score (nSPS) is 20.9. The standard InChI is InChI=1S/C18H17ClN2O6S/c1-9(22)27-7-11-8-28-17-14(16(24)21(17)15(11)18(25)26)20-13(23)6-10-3-2-4-12(19)5-10/h2-5,14,17H,6-8H2,1H3,(H,20,23)(H,25,26)/t14-,17-/m1/s1. The molecule has 2 amide bonds. The number of nitrogens with zero attached hydrogens (tertiary/aromatic N) is 1. The van der Waals surface area contributed by atoms with Crippen molar-refractivity contribution >= 4 is 47.1 Å². The van der Waals surface area contributed by atoms with Gasteiger partial charge in [-0.3, -0.25) is 19.3 Å². The molecule has 0 radical (unpaired) electrons. The second-order valence-corrected chi connectivity index (χ2v) is 7.84. The van der Waals surface area contributed by atoms with Crippen LogP contribution in [0.15, 0.2) is 35.5 Å². The summed E-state index contributed by atoms with van der Waals surface area (Å²) in [5, 5.41) is 12.2. The lowest BCUT2D eigenvalue weighted by Gasteiger charge is -2.49. The lowest BCUT2D eigenvalue weighted by molar-refractivity contribution is -0.151. The van der Waals surface area contributed by atoms with Crippen LogP contribution in [0.5, 0.6) is 0 Å². The highest BCUT2D eigenvalue weighted by molar-refractivity contribution is 8.00. The van der Waals surface area contributed by atoms with E-state index in [2.05, 4.69) is 5.32 Å². The van der Waals surface area contributed by atoms with Crippen molar-refractivity contribution in [2.24, 2.45) is 0 Å². The highest BCUT2D eigenvalue weighted by Crippen LogP contribution is 2.40. The highest BCUT2D eigenvalue weighted by Gasteiger charge is 2.54. The van der Waals surface area contributed by atoms with Gasteiger partial charge in [0.15, 0.2) is 0 Å². The van der Waals surface area contributed by atoms with Crippen molar-refractivity contribution in [2.45, 2.75) is 24.8 Å². The molecule has 0 saturated carbocycles. The molecule has 0 bridgehead atoms. The molecule has 0 aliphatic carbocycles. The van der Waals surface area contributed by atoms with E-state index in [1.165, 1.54) is 18.7 Å². The first kappa shape index (κ1) is 20.2.